The summed E-state index contributed by atoms with van der Waals surface area (Å²) in [7, 11) is -0.820. The predicted molar refractivity (Wildman–Crippen MR) is 82.5 cm³/mol. The van der Waals surface area contributed by atoms with E-state index in [-0.39, 0.29) is 0 Å². The van der Waals surface area contributed by atoms with Crippen LogP contribution in [0.4, 0.5) is 0 Å². The van der Waals surface area contributed by atoms with Gasteiger partial charge in [-0.1, -0.05) is 30.3 Å². The smallest absolute Gasteiger partial charge is 0.238 e. The zero-order chi connectivity index (χ0) is 14.3. The molecule has 0 heterocycles. The fourth-order valence-corrected chi connectivity index (χ4v) is 4.09. The second-order valence-corrected chi connectivity index (χ2v) is 6.67. The first-order valence-corrected chi connectivity index (χ1v) is 7.88. The summed E-state index contributed by atoms with van der Waals surface area (Å²) in [6, 6.07) is 11.2. The number of nitrogens with zero attached hydrogens (tertiary/aromatic N) is 2. The van der Waals surface area contributed by atoms with Crippen LogP contribution in [0.3, 0.4) is 0 Å². The lowest BCUT2D eigenvalue weighted by Crippen LogP contribution is -2.36. The topological polar surface area (TPSA) is 16.8 Å². The SMILES string of the molecule is [C-]#[N+]CCOP(c1ccccc1)N(C(C)C)C(C)C. The molecule has 0 bridgehead atoms. The summed E-state index contributed by atoms with van der Waals surface area (Å²) in [6.07, 6.45) is 0. The van der Waals surface area contributed by atoms with Gasteiger partial charge < -0.3 is 9.37 Å². The highest BCUT2D eigenvalue weighted by atomic mass is 31.2. The van der Waals surface area contributed by atoms with Crippen molar-refractivity contribution < 1.29 is 4.52 Å². The standard InChI is InChI=1S/C15H23N2OP/c1-13(2)17(14(3)4)19(18-12-11-16-5)15-9-7-6-8-10-15/h6-10,13-14H,11-12H2,1-4H3. The van der Waals surface area contributed by atoms with E-state index in [0.717, 1.165) is 0 Å². The van der Waals surface area contributed by atoms with E-state index in [4.69, 9.17) is 11.1 Å². The molecule has 1 rings (SSSR count). The van der Waals surface area contributed by atoms with Gasteiger partial charge in [-0.3, -0.25) is 4.67 Å². The molecule has 1 aromatic carbocycles. The second kappa shape index (κ2) is 8.27. The minimum absolute atomic E-state index is 0.416. The number of hydrogen-bond acceptors (Lipinski definition) is 2. The van der Waals surface area contributed by atoms with Crippen LogP contribution in [-0.2, 0) is 4.52 Å². The van der Waals surface area contributed by atoms with Crippen LogP contribution in [0, 0.1) is 6.57 Å². The van der Waals surface area contributed by atoms with E-state index in [9.17, 15) is 0 Å². The monoisotopic (exact) mass is 278 g/mol. The Hall–Kier alpha value is -0.940. The van der Waals surface area contributed by atoms with Crippen molar-refractivity contribution in [2.45, 2.75) is 39.8 Å². The molecule has 0 fully saturated rings. The lowest BCUT2D eigenvalue weighted by molar-refractivity contribution is 0.266. The van der Waals surface area contributed by atoms with Crippen molar-refractivity contribution in [2.24, 2.45) is 0 Å². The molecule has 104 valence electrons. The first-order chi connectivity index (χ1) is 9.07. The summed E-state index contributed by atoms with van der Waals surface area (Å²) in [4.78, 5) is 3.37. The average Bonchev–Trinajstić information content (AvgIpc) is 2.38. The maximum absolute atomic E-state index is 6.87. The maximum atomic E-state index is 6.87. The maximum Gasteiger partial charge on any atom is 0.238 e. The Morgan fingerprint density at radius 2 is 1.74 bits per heavy atom. The molecule has 0 spiro atoms. The molecule has 0 aromatic heterocycles. The largest absolute Gasteiger partial charge is 0.332 e. The van der Waals surface area contributed by atoms with Gasteiger partial charge in [0.1, 0.15) is 14.9 Å². The highest BCUT2D eigenvalue weighted by molar-refractivity contribution is 7.58. The number of benzene rings is 1. The van der Waals surface area contributed by atoms with Crippen LogP contribution in [0.5, 0.6) is 0 Å². The predicted octanol–water partition coefficient (Wildman–Crippen LogP) is 3.68. The van der Waals surface area contributed by atoms with Crippen molar-refractivity contribution in [2.75, 3.05) is 13.2 Å². The van der Waals surface area contributed by atoms with Gasteiger partial charge in [0.15, 0.2) is 0 Å². The zero-order valence-electron chi connectivity index (χ0n) is 12.2. The highest BCUT2D eigenvalue weighted by Gasteiger charge is 2.26. The minimum atomic E-state index is -0.820. The van der Waals surface area contributed by atoms with E-state index in [1.807, 2.05) is 18.2 Å². The van der Waals surface area contributed by atoms with Gasteiger partial charge in [0.05, 0.1) is 0 Å². The molecule has 0 saturated carbocycles. The lowest BCUT2D eigenvalue weighted by Gasteiger charge is -2.36. The number of hydrogen-bond donors (Lipinski definition) is 0. The molecule has 4 heteroatoms. The summed E-state index contributed by atoms with van der Waals surface area (Å²) in [5.74, 6) is 0. The molecule has 1 atom stereocenters. The third-order valence-corrected chi connectivity index (χ3v) is 5.17. The molecule has 0 saturated heterocycles. The van der Waals surface area contributed by atoms with Gasteiger partial charge in [0.25, 0.3) is 0 Å². The third kappa shape index (κ3) is 4.91. The summed E-state index contributed by atoms with van der Waals surface area (Å²) in [6.45, 7) is 16.6. The second-order valence-electron chi connectivity index (χ2n) is 4.89. The molecule has 0 N–H and O–H groups in total. The van der Waals surface area contributed by atoms with Crippen molar-refractivity contribution in [3.05, 3.63) is 41.7 Å². The van der Waals surface area contributed by atoms with Crippen LogP contribution in [0.2, 0.25) is 0 Å². The Morgan fingerprint density at radius 1 is 1.16 bits per heavy atom. The summed E-state index contributed by atoms with van der Waals surface area (Å²) in [5.41, 5.74) is 0. The van der Waals surface area contributed by atoms with Crippen LogP contribution in [0.1, 0.15) is 27.7 Å². The molecule has 0 aliphatic carbocycles. The van der Waals surface area contributed by atoms with Crippen LogP contribution in [0.15, 0.2) is 30.3 Å². The molecule has 3 nitrogen and oxygen atoms in total. The Kier molecular flexibility index (Phi) is 7.02. The Morgan fingerprint density at radius 3 is 2.21 bits per heavy atom. The quantitative estimate of drug-likeness (QED) is 0.430. The van der Waals surface area contributed by atoms with Crippen LogP contribution in [0.25, 0.3) is 4.85 Å². The fraction of sp³-hybridized carbons (Fsp3) is 0.533. The summed E-state index contributed by atoms with van der Waals surface area (Å²) in [5, 5.41) is 1.21. The summed E-state index contributed by atoms with van der Waals surface area (Å²) >= 11 is 0. The van der Waals surface area contributed by atoms with Gasteiger partial charge >= 0.3 is 0 Å². The lowest BCUT2D eigenvalue weighted by atomic mass is 10.3. The molecular formula is C15H23N2OP. The Labute approximate surface area is 118 Å². The molecule has 0 radical (unpaired) electrons. The van der Waals surface area contributed by atoms with E-state index in [1.165, 1.54) is 5.30 Å². The van der Waals surface area contributed by atoms with Crippen molar-refractivity contribution in [3.63, 3.8) is 0 Å². The minimum Gasteiger partial charge on any atom is -0.332 e. The van der Waals surface area contributed by atoms with Crippen molar-refractivity contribution in [3.8, 4) is 0 Å². The molecule has 0 aliphatic rings. The Bertz CT molecular complexity index is 392. The van der Waals surface area contributed by atoms with E-state index < -0.39 is 8.30 Å². The Balaban J connectivity index is 2.94. The van der Waals surface area contributed by atoms with Crippen LogP contribution >= 0.6 is 8.30 Å². The van der Waals surface area contributed by atoms with Gasteiger partial charge in [0, 0.05) is 17.4 Å². The normalized spacial score (nSPS) is 12.9. The van der Waals surface area contributed by atoms with Gasteiger partial charge in [-0.05, 0) is 27.7 Å². The molecule has 1 aromatic rings. The highest BCUT2D eigenvalue weighted by Crippen LogP contribution is 2.43. The first-order valence-electron chi connectivity index (χ1n) is 6.67. The van der Waals surface area contributed by atoms with Gasteiger partial charge in [0.2, 0.25) is 6.54 Å². The average molecular weight is 278 g/mol. The zero-order valence-corrected chi connectivity index (χ0v) is 13.1. The fourth-order valence-electron chi connectivity index (χ4n) is 2.02. The van der Waals surface area contributed by atoms with Crippen molar-refractivity contribution >= 4 is 13.6 Å². The van der Waals surface area contributed by atoms with E-state index in [1.54, 1.807) is 0 Å². The van der Waals surface area contributed by atoms with Gasteiger partial charge in [-0.2, -0.15) is 0 Å². The van der Waals surface area contributed by atoms with Gasteiger partial charge in [-0.25, -0.2) is 6.57 Å². The van der Waals surface area contributed by atoms with Crippen molar-refractivity contribution in [1.29, 1.82) is 0 Å². The molecular weight excluding hydrogens is 255 g/mol. The van der Waals surface area contributed by atoms with Gasteiger partial charge in [-0.15, -0.1) is 0 Å². The third-order valence-electron chi connectivity index (χ3n) is 2.66. The first kappa shape index (κ1) is 16.1. The van der Waals surface area contributed by atoms with E-state index >= 15 is 0 Å². The van der Waals surface area contributed by atoms with E-state index in [2.05, 4.69) is 49.3 Å². The van der Waals surface area contributed by atoms with Crippen molar-refractivity contribution in [1.82, 2.24) is 4.67 Å². The molecule has 1 unspecified atom stereocenters. The summed E-state index contributed by atoms with van der Waals surface area (Å²) < 4.78 is 8.43. The molecule has 0 amide bonds. The molecule has 19 heavy (non-hydrogen) atoms. The van der Waals surface area contributed by atoms with Crippen LogP contribution in [-0.4, -0.2) is 29.9 Å². The van der Waals surface area contributed by atoms with Crippen LogP contribution < -0.4 is 5.30 Å². The number of rotatable bonds is 7. The molecule has 0 aliphatic heterocycles. The van der Waals surface area contributed by atoms with E-state index in [0.29, 0.717) is 25.2 Å².